The lowest BCUT2D eigenvalue weighted by Gasteiger charge is -2.09. The highest BCUT2D eigenvalue weighted by molar-refractivity contribution is 7.89. The van der Waals surface area contributed by atoms with E-state index < -0.39 is 15.9 Å². The van der Waals surface area contributed by atoms with Gasteiger partial charge in [0.05, 0.1) is 4.90 Å². The van der Waals surface area contributed by atoms with Crippen LogP contribution in [0, 0.1) is 0 Å². The third-order valence-electron chi connectivity index (χ3n) is 4.99. The lowest BCUT2D eigenvalue weighted by atomic mass is 10.2. The molecule has 0 radical (unpaired) electrons. The van der Waals surface area contributed by atoms with Crippen LogP contribution in [0.3, 0.4) is 0 Å². The Morgan fingerprint density at radius 2 is 1.94 bits per heavy atom. The quantitative estimate of drug-likeness (QED) is 0.417. The number of unbranched alkanes of at least 4 members (excludes halogenated alkanes) is 2. The molecule has 3 aromatic rings. The van der Waals surface area contributed by atoms with Gasteiger partial charge < -0.3 is 9.47 Å². The van der Waals surface area contributed by atoms with Crippen LogP contribution in [0.2, 0.25) is 0 Å². The minimum Gasteiger partial charge on any atom is -0.454 e. The SMILES string of the molecule is CCCCCc1nnc(NC(=O)c2cccc(S(=O)(=O)NCc3ccc4c(c3)OCO4)c2)s1. The number of aryl methyl sites for hydroxylation is 1. The van der Waals surface area contributed by atoms with E-state index in [4.69, 9.17) is 9.47 Å². The molecule has 1 aliphatic heterocycles. The molecule has 0 bridgehead atoms. The maximum Gasteiger partial charge on any atom is 0.257 e. The zero-order valence-electron chi connectivity index (χ0n) is 18.0. The first-order valence-corrected chi connectivity index (χ1v) is 12.9. The highest BCUT2D eigenvalue weighted by Crippen LogP contribution is 2.32. The van der Waals surface area contributed by atoms with Crippen LogP contribution in [0.4, 0.5) is 5.13 Å². The van der Waals surface area contributed by atoms with Gasteiger partial charge in [0.1, 0.15) is 5.01 Å². The standard InChI is InChI=1S/C22H24N4O5S2/c1-2-3-4-8-20-25-26-22(32-20)24-21(27)16-6-5-7-17(12-16)33(28,29)23-13-15-9-10-18-19(11-15)31-14-30-18/h5-7,9-12,23H,2-4,8,13-14H2,1H3,(H,24,26,27). The second-order valence-electron chi connectivity index (χ2n) is 7.45. The summed E-state index contributed by atoms with van der Waals surface area (Å²) in [6.07, 6.45) is 4.08. The van der Waals surface area contributed by atoms with Gasteiger partial charge in [0.2, 0.25) is 21.9 Å². The molecule has 2 aromatic carbocycles. The first-order valence-electron chi connectivity index (χ1n) is 10.6. The van der Waals surface area contributed by atoms with E-state index in [1.54, 1.807) is 24.3 Å². The largest absolute Gasteiger partial charge is 0.454 e. The first kappa shape index (κ1) is 23.1. The number of carbonyl (C=O) groups is 1. The Bertz CT molecular complexity index is 1240. The van der Waals surface area contributed by atoms with E-state index in [9.17, 15) is 13.2 Å². The van der Waals surface area contributed by atoms with Crippen molar-refractivity contribution in [3.63, 3.8) is 0 Å². The molecule has 33 heavy (non-hydrogen) atoms. The maximum atomic E-state index is 12.8. The van der Waals surface area contributed by atoms with Crippen molar-refractivity contribution in [2.24, 2.45) is 0 Å². The summed E-state index contributed by atoms with van der Waals surface area (Å²) in [4.78, 5) is 12.6. The normalized spacial score (nSPS) is 12.6. The number of benzene rings is 2. The molecule has 1 aliphatic rings. The van der Waals surface area contributed by atoms with Crippen LogP contribution >= 0.6 is 11.3 Å². The number of amides is 1. The minimum atomic E-state index is -3.84. The molecular formula is C22H24N4O5S2. The number of fused-ring (bicyclic) bond motifs is 1. The van der Waals surface area contributed by atoms with E-state index in [2.05, 4.69) is 27.2 Å². The van der Waals surface area contributed by atoms with E-state index in [1.165, 1.54) is 29.5 Å². The van der Waals surface area contributed by atoms with Gasteiger partial charge in [0.15, 0.2) is 11.5 Å². The van der Waals surface area contributed by atoms with Crippen LogP contribution in [-0.2, 0) is 23.0 Å². The Morgan fingerprint density at radius 3 is 2.79 bits per heavy atom. The molecule has 9 nitrogen and oxygen atoms in total. The van der Waals surface area contributed by atoms with E-state index in [0.29, 0.717) is 16.6 Å². The predicted molar refractivity (Wildman–Crippen MR) is 124 cm³/mol. The minimum absolute atomic E-state index is 0.00610. The molecule has 0 saturated heterocycles. The molecule has 11 heteroatoms. The van der Waals surface area contributed by atoms with Crippen LogP contribution in [-0.4, -0.2) is 31.3 Å². The number of nitrogens with one attached hydrogen (secondary N) is 2. The fourth-order valence-electron chi connectivity index (χ4n) is 3.22. The molecule has 174 valence electrons. The molecule has 0 atom stereocenters. The first-order chi connectivity index (χ1) is 15.9. The van der Waals surface area contributed by atoms with E-state index in [0.717, 1.165) is 36.3 Å². The molecule has 1 amide bonds. The van der Waals surface area contributed by atoms with Gasteiger partial charge in [-0.05, 0) is 42.3 Å². The van der Waals surface area contributed by atoms with Crippen LogP contribution in [0.25, 0.3) is 0 Å². The van der Waals surface area contributed by atoms with Crippen LogP contribution < -0.4 is 19.5 Å². The second-order valence-corrected chi connectivity index (χ2v) is 10.3. The van der Waals surface area contributed by atoms with Crippen molar-refractivity contribution in [3.05, 3.63) is 58.6 Å². The molecular weight excluding hydrogens is 464 g/mol. The molecule has 1 aromatic heterocycles. The predicted octanol–water partition coefficient (Wildman–Crippen LogP) is 3.73. The summed E-state index contributed by atoms with van der Waals surface area (Å²) in [5, 5.41) is 12.1. The number of rotatable bonds is 10. The number of carbonyl (C=O) groups excluding carboxylic acids is 1. The van der Waals surface area contributed by atoms with Gasteiger partial charge >= 0.3 is 0 Å². The van der Waals surface area contributed by atoms with Gasteiger partial charge in [-0.3, -0.25) is 10.1 Å². The third-order valence-corrected chi connectivity index (χ3v) is 7.29. The van der Waals surface area contributed by atoms with Crippen LogP contribution in [0.15, 0.2) is 47.4 Å². The number of hydrogen-bond donors (Lipinski definition) is 2. The summed E-state index contributed by atoms with van der Waals surface area (Å²) in [5.41, 5.74) is 0.937. The van der Waals surface area contributed by atoms with Crippen molar-refractivity contribution in [2.75, 3.05) is 12.1 Å². The number of hydrogen-bond acceptors (Lipinski definition) is 8. The van der Waals surface area contributed by atoms with Gasteiger partial charge in [-0.2, -0.15) is 0 Å². The van der Waals surface area contributed by atoms with Crippen molar-refractivity contribution >= 4 is 32.4 Å². The summed E-state index contributed by atoms with van der Waals surface area (Å²) >= 11 is 1.33. The van der Waals surface area contributed by atoms with Crippen LogP contribution in [0.5, 0.6) is 11.5 Å². The van der Waals surface area contributed by atoms with E-state index >= 15 is 0 Å². The lowest BCUT2D eigenvalue weighted by Crippen LogP contribution is -2.23. The Balaban J connectivity index is 1.39. The Hall–Kier alpha value is -3.02. The summed E-state index contributed by atoms with van der Waals surface area (Å²) in [6, 6.07) is 11.1. The van der Waals surface area contributed by atoms with Crippen molar-refractivity contribution in [3.8, 4) is 11.5 Å². The zero-order valence-corrected chi connectivity index (χ0v) is 19.7. The maximum absolute atomic E-state index is 12.8. The highest BCUT2D eigenvalue weighted by atomic mass is 32.2. The van der Waals surface area contributed by atoms with Crippen LogP contribution in [0.1, 0.15) is 47.1 Å². The Labute approximate surface area is 196 Å². The monoisotopic (exact) mass is 488 g/mol. The Kier molecular flexibility index (Phi) is 7.21. The molecule has 0 unspecified atom stereocenters. The topological polar surface area (TPSA) is 120 Å². The lowest BCUT2D eigenvalue weighted by molar-refractivity contribution is 0.102. The zero-order chi connectivity index (χ0) is 23.3. The molecule has 0 fully saturated rings. The molecule has 4 rings (SSSR count). The molecule has 0 aliphatic carbocycles. The summed E-state index contributed by atoms with van der Waals surface area (Å²) in [7, 11) is -3.84. The fraction of sp³-hybridized carbons (Fsp3) is 0.318. The number of ether oxygens (including phenoxy) is 2. The molecule has 0 spiro atoms. The Morgan fingerprint density at radius 1 is 1.09 bits per heavy atom. The summed E-state index contributed by atoms with van der Waals surface area (Å²) < 4.78 is 38.7. The molecule has 2 heterocycles. The number of anilines is 1. The van der Waals surface area contributed by atoms with Gasteiger partial charge in [-0.1, -0.05) is 43.2 Å². The fourth-order valence-corrected chi connectivity index (χ4v) is 5.06. The molecule has 2 N–H and O–H groups in total. The van der Waals surface area contributed by atoms with Gasteiger partial charge in [0.25, 0.3) is 5.91 Å². The average molecular weight is 489 g/mol. The third kappa shape index (κ3) is 5.86. The summed E-state index contributed by atoms with van der Waals surface area (Å²) in [6.45, 7) is 2.35. The van der Waals surface area contributed by atoms with Gasteiger partial charge in [0, 0.05) is 18.5 Å². The number of nitrogens with zero attached hydrogens (tertiary/aromatic N) is 2. The van der Waals surface area contributed by atoms with E-state index in [-0.39, 0.29) is 23.8 Å². The van der Waals surface area contributed by atoms with E-state index in [1.807, 2.05) is 0 Å². The van der Waals surface area contributed by atoms with Crippen molar-refractivity contribution in [1.29, 1.82) is 0 Å². The van der Waals surface area contributed by atoms with Crippen molar-refractivity contribution in [1.82, 2.24) is 14.9 Å². The van der Waals surface area contributed by atoms with Gasteiger partial charge in [-0.15, -0.1) is 10.2 Å². The van der Waals surface area contributed by atoms with Crippen molar-refractivity contribution in [2.45, 2.75) is 44.0 Å². The van der Waals surface area contributed by atoms with Crippen molar-refractivity contribution < 1.29 is 22.7 Å². The highest BCUT2D eigenvalue weighted by Gasteiger charge is 2.18. The number of aromatic nitrogens is 2. The number of sulfonamides is 1. The summed E-state index contributed by atoms with van der Waals surface area (Å²) in [5.74, 6) is 0.762. The average Bonchev–Trinajstić information content (AvgIpc) is 3.47. The molecule has 0 saturated carbocycles. The van der Waals surface area contributed by atoms with Gasteiger partial charge in [-0.25, -0.2) is 13.1 Å². The second kappa shape index (κ2) is 10.3. The smallest absolute Gasteiger partial charge is 0.257 e.